The third-order valence-corrected chi connectivity index (χ3v) is 47.8. The fourth-order valence-corrected chi connectivity index (χ4v) is 58.4. The molecule has 0 heterocycles. The third kappa shape index (κ3) is 40.7. The first-order valence-corrected chi connectivity index (χ1v) is 54.4. The Kier molecular flexibility index (Phi) is 33.1. The standard InChI is InChI=1S/C38H95N3O19SSi10.Na/c1-39-36(42)48-31-27-35-62(2,3)52-64(6,7)54-66(10,11)56-68(14,15)58-70(18,19)60-71(20,21)59-69(16,17)57-67(12,13)55-65(8,9)53-63(4,5)51-32-26-30-49-37(43)40-28-24-22-23-25-29-41-38(44)50-33-34-61(45,46)47;/h22-35H2,1-21H3,(H,39,42)(H,40,43)(H,41,44)(H,45,46,47);/q;+1/p-1. The molecular weight excluding hydrogens is 1140 g/mol. The summed E-state index contributed by atoms with van der Waals surface area (Å²) in [5, 5.41) is 7.68. The molecule has 0 aliphatic rings. The van der Waals surface area contributed by atoms with Crippen LogP contribution in [0.25, 0.3) is 0 Å². The van der Waals surface area contributed by atoms with Crippen molar-refractivity contribution in [2.24, 2.45) is 0 Å². The molecule has 0 saturated heterocycles. The topological polar surface area (TPSA) is 264 Å². The molecule has 0 unspecified atom stereocenters. The molecule has 0 aromatic heterocycles. The minimum Gasteiger partial charge on any atom is -0.748 e. The second-order valence-corrected chi connectivity index (χ2v) is 60.1. The molecule has 422 valence electrons. The van der Waals surface area contributed by atoms with Crippen molar-refractivity contribution in [3.8, 4) is 0 Å². The first-order valence-electron chi connectivity index (χ1n) is 24.4. The third-order valence-electron chi connectivity index (χ3n) is 9.00. The van der Waals surface area contributed by atoms with Crippen LogP contribution in [0.3, 0.4) is 0 Å². The van der Waals surface area contributed by atoms with Crippen LogP contribution in [-0.2, 0) is 65.8 Å². The van der Waals surface area contributed by atoms with Gasteiger partial charge in [0.05, 0.1) is 29.1 Å². The number of alkyl carbamates (subject to hydrolysis) is 3. The van der Waals surface area contributed by atoms with Crippen molar-refractivity contribution in [3.05, 3.63) is 0 Å². The molecule has 3 N–H and O–H groups in total. The Hall–Kier alpha value is 0.489. The summed E-state index contributed by atoms with van der Waals surface area (Å²) in [5.41, 5.74) is 0. The van der Waals surface area contributed by atoms with Crippen LogP contribution in [0.5, 0.6) is 0 Å². The van der Waals surface area contributed by atoms with Crippen LogP contribution in [0.4, 0.5) is 14.4 Å². The SMILES string of the molecule is CNC(=O)OCCC[Si](C)(C)O[Si](C)(C)O[Si](C)(C)O[Si](C)(C)O[Si](C)(C)O[Si](C)(C)O[Si](C)(C)O[Si](C)(C)O[Si](C)(C)O[Si](C)(C)OCCCOC(=O)NCCCCCCNC(=O)OCCS(=O)(=O)[O-].[Na+]. The van der Waals surface area contributed by atoms with Crippen molar-refractivity contribution in [2.45, 2.75) is 176 Å². The smallest absolute Gasteiger partial charge is 0.748 e. The van der Waals surface area contributed by atoms with Gasteiger partial charge in [-0.05, 0) is 156 Å². The maximum Gasteiger partial charge on any atom is 1.00 e. The normalized spacial score (nSPS) is 13.8. The zero-order chi connectivity index (χ0) is 55.4. The molecule has 22 nitrogen and oxygen atoms in total. The van der Waals surface area contributed by atoms with Crippen LogP contribution >= 0.6 is 0 Å². The van der Waals surface area contributed by atoms with E-state index in [4.69, 9.17) is 50.9 Å². The van der Waals surface area contributed by atoms with Crippen molar-refractivity contribution < 1.29 is 113 Å². The molecule has 0 saturated carbocycles. The minimum absolute atomic E-state index is 0. The van der Waals surface area contributed by atoms with Crippen LogP contribution in [0.15, 0.2) is 0 Å². The Labute approximate surface area is 466 Å². The van der Waals surface area contributed by atoms with Crippen molar-refractivity contribution >= 4 is 114 Å². The number of rotatable bonds is 37. The quantitative estimate of drug-likeness (QED) is 0.0305. The van der Waals surface area contributed by atoms with Gasteiger partial charge in [0, 0.05) is 33.2 Å². The predicted molar refractivity (Wildman–Crippen MR) is 297 cm³/mol. The monoisotopic (exact) mass is 1230 g/mol. The molecule has 0 aromatic rings. The molecule has 0 atom stereocenters. The van der Waals surface area contributed by atoms with E-state index in [9.17, 15) is 27.4 Å². The van der Waals surface area contributed by atoms with Crippen LogP contribution in [0.1, 0.15) is 38.5 Å². The second kappa shape index (κ2) is 31.9. The maximum atomic E-state index is 12.2. The molecule has 0 aliphatic heterocycles. The molecule has 34 heteroatoms. The summed E-state index contributed by atoms with van der Waals surface area (Å²) in [6.07, 6.45) is 2.47. The Morgan fingerprint density at radius 1 is 0.403 bits per heavy atom. The number of carbonyl (C=O) groups excluding carboxylic acids is 3. The molecule has 0 spiro atoms. The molecule has 0 rings (SSSR count). The molecule has 0 aromatic carbocycles. The van der Waals surface area contributed by atoms with Crippen LogP contribution in [-0.4, -0.2) is 169 Å². The fraction of sp³-hybridized carbons (Fsp3) is 0.921. The van der Waals surface area contributed by atoms with E-state index in [1.54, 1.807) is 0 Å². The van der Waals surface area contributed by atoms with Crippen LogP contribution in [0, 0.1) is 0 Å². The molecular formula is C38H94N3NaO19SSi10. The van der Waals surface area contributed by atoms with Crippen molar-refractivity contribution in [1.82, 2.24) is 16.0 Å². The van der Waals surface area contributed by atoms with E-state index >= 15 is 0 Å². The number of nitrogens with one attached hydrogen (secondary N) is 3. The van der Waals surface area contributed by atoms with E-state index in [1.807, 2.05) is 105 Å². The van der Waals surface area contributed by atoms with Gasteiger partial charge in [0.2, 0.25) is 0 Å². The van der Waals surface area contributed by atoms with Gasteiger partial charge in [0.15, 0.2) is 8.32 Å². The minimum atomic E-state index is -4.43. The van der Waals surface area contributed by atoms with Gasteiger partial charge in [-0.1, -0.05) is 12.8 Å². The van der Waals surface area contributed by atoms with Gasteiger partial charge >= 0.3 is 125 Å². The number of hydrogen-bond acceptors (Lipinski definition) is 19. The Morgan fingerprint density at radius 3 is 1.06 bits per heavy atom. The molecule has 72 heavy (non-hydrogen) atoms. The number of ether oxygens (including phenoxy) is 3. The number of unbranched alkanes of at least 4 members (excludes halogenated alkanes) is 3. The number of hydrogen-bond donors (Lipinski definition) is 3. The Morgan fingerprint density at radius 2 is 0.708 bits per heavy atom. The van der Waals surface area contributed by atoms with Gasteiger partial charge in [-0.2, -0.15) is 0 Å². The Bertz CT molecular complexity index is 1760. The van der Waals surface area contributed by atoms with E-state index in [-0.39, 0.29) is 36.2 Å². The summed E-state index contributed by atoms with van der Waals surface area (Å²) in [6, 6.07) is 0.828. The van der Waals surface area contributed by atoms with Gasteiger partial charge in [0.1, 0.15) is 6.61 Å². The zero-order valence-corrected chi connectivity index (χ0v) is 60.9. The number of amides is 3. The van der Waals surface area contributed by atoms with E-state index in [2.05, 4.69) is 46.9 Å². The van der Waals surface area contributed by atoms with Crippen LogP contribution < -0.4 is 45.5 Å². The number of carbonyl (C=O) groups is 3. The fourth-order valence-electron chi connectivity index (χ4n) is 8.25. The van der Waals surface area contributed by atoms with Gasteiger partial charge in [-0.15, -0.1) is 0 Å². The summed E-state index contributed by atoms with van der Waals surface area (Å²) < 4.78 is 114. The van der Waals surface area contributed by atoms with E-state index in [0.717, 1.165) is 31.7 Å². The van der Waals surface area contributed by atoms with Crippen molar-refractivity contribution in [1.29, 1.82) is 0 Å². The summed E-state index contributed by atoms with van der Waals surface area (Å²) in [4.78, 5) is 35.1. The second-order valence-electron chi connectivity index (χ2n) is 21.8. The average Bonchev–Trinajstić information content (AvgIpc) is 3.08. The maximum absolute atomic E-state index is 12.2. The zero-order valence-electron chi connectivity index (χ0n) is 48.1. The Balaban J connectivity index is 0. The van der Waals surface area contributed by atoms with Crippen LogP contribution in [0.2, 0.25) is 137 Å². The van der Waals surface area contributed by atoms with Gasteiger partial charge in [0.25, 0.3) is 0 Å². The summed E-state index contributed by atoms with van der Waals surface area (Å²) in [6.45, 7) is 41.7. The average molecular weight is 1230 g/mol. The molecule has 0 radical (unpaired) electrons. The molecule has 0 fully saturated rings. The van der Waals surface area contributed by atoms with Crippen molar-refractivity contribution in [3.63, 3.8) is 0 Å². The van der Waals surface area contributed by atoms with Gasteiger partial charge in [-0.25, -0.2) is 22.8 Å². The molecule has 0 bridgehead atoms. The summed E-state index contributed by atoms with van der Waals surface area (Å²) in [7, 11) is -29.8. The van der Waals surface area contributed by atoms with E-state index in [1.165, 1.54) is 7.05 Å². The summed E-state index contributed by atoms with van der Waals surface area (Å²) in [5.74, 6) is -0.765. The first kappa shape index (κ1) is 74.6. The van der Waals surface area contributed by atoms with E-state index in [0.29, 0.717) is 39.1 Å². The van der Waals surface area contributed by atoms with Gasteiger partial charge < -0.3 is 76.2 Å². The first-order chi connectivity index (χ1) is 31.8. The predicted octanol–water partition coefficient (Wildman–Crippen LogP) is 5.37. The molecule has 3 amide bonds. The van der Waals surface area contributed by atoms with Gasteiger partial charge in [-0.3, -0.25) is 0 Å². The van der Waals surface area contributed by atoms with Crippen molar-refractivity contribution in [2.75, 3.05) is 52.3 Å². The summed E-state index contributed by atoms with van der Waals surface area (Å²) >= 11 is 0. The largest absolute Gasteiger partial charge is 1.00 e. The molecule has 0 aliphatic carbocycles. The van der Waals surface area contributed by atoms with E-state index < -0.39 is 126 Å².